The Morgan fingerprint density at radius 1 is 1.21 bits per heavy atom. The number of nitrogens with two attached hydrogens (primary N) is 1. The molecule has 0 aromatic heterocycles. The van der Waals surface area contributed by atoms with Crippen LogP contribution in [0, 0.1) is 0 Å². The second-order valence-corrected chi connectivity index (χ2v) is 5.03. The summed E-state index contributed by atoms with van der Waals surface area (Å²) in [5.74, 6) is 5.12. The lowest BCUT2D eigenvalue weighted by molar-refractivity contribution is 0.102. The van der Waals surface area contributed by atoms with Gasteiger partial charge >= 0.3 is 0 Å². The molecule has 0 unspecified atom stereocenters. The minimum Gasteiger partial charge on any atom is -0.323 e. The number of anilines is 2. The monoisotopic (exact) mass is 339 g/mol. The molecule has 19 heavy (non-hydrogen) atoms. The van der Waals surface area contributed by atoms with Crippen molar-refractivity contribution in [2.45, 2.75) is 0 Å². The minimum atomic E-state index is -0.247. The molecular formula is C13H11BrClN3O. The molecule has 2 rings (SSSR count). The number of benzene rings is 2. The number of hydrogen-bond acceptors (Lipinski definition) is 3. The lowest BCUT2D eigenvalue weighted by Crippen LogP contribution is -2.17. The first-order chi connectivity index (χ1) is 9.11. The van der Waals surface area contributed by atoms with Crippen molar-refractivity contribution in [2.24, 2.45) is 5.84 Å². The summed E-state index contributed by atoms with van der Waals surface area (Å²) in [6, 6.07) is 12.1. The maximum Gasteiger partial charge on any atom is 0.257 e. The third-order valence-electron chi connectivity index (χ3n) is 2.50. The largest absolute Gasteiger partial charge is 0.323 e. The molecule has 0 bridgehead atoms. The van der Waals surface area contributed by atoms with Gasteiger partial charge in [0, 0.05) is 10.2 Å². The van der Waals surface area contributed by atoms with Gasteiger partial charge in [0.15, 0.2) is 0 Å². The number of rotatable bonds is 3. The van der Waals surface area contributed by atoms with Crippen LogP contribution in [0.3, 0.4) is 0 Å². The standard InChI is InChI=1S/C13H11BrClN3O/c14-10-7-8(5-6-11(10)15)17-13(19)9-3-1-2-4-12(9)18-16/h1-7,18H,16H2,(H,17,19). The summed E-state index contributed by atoms with van der Waals surface area (Å²) < 4.78 is 0.720. The molecule has 0 saturated carbocycles. The molecule has 0 aliphatic rings. The zero-order valence-corrected chi connectivity index (χ0v) is 12.1. The molecule has 1 amide bonds. The van der Waals surface area contributed by atoms with E-state index in [1.54, 1.807) is 42.5 Å². The number of amides is 1. The fourth-order valence-corrected chi connectivity index (χ4v) is 2.08. The van der Waals surface area contributed by atoms with Gasteiger partial charge in [-0.2, -0.15) is 0 Å². The number of hydrogen-bond donors (Lipinski definition) is 3. The van der Waals surface area contributed by atoms with E-state index in [0.29, 0.717) is 22.0 Å². The first-order valence-corrected chi connectivity index (χ1v) is 6.61. The predicted molar refractivity (Wildman–Crippen MR) is 81.4 cm³/mol. The van der Waals surface area contributed by atoms with E-state index in [4.69, 9.17) is 17.4 Å². The van der Waals surface area contributed by atoms with Crippen LogP contribution >= 0.6 is 27.5 Å². The average molecular weight is 341 g/mol. The van der Waals surface area contributed by atoms with Crippen LogP contribution in [0.5, 0.6) is 0 Å². The molecule has 0 atom stereocenters. The summed E-state index contributed by atoms with van der Waals surface area (Å²) in [6.45, 7) is 0. The molecule has 0 saturated heterocycles. The zero-order valence-electron chi connectivity index (χ0n) is 9.78. The summed E-state index contributed by atoms with van der Waals surface area (Å²) >= 11 is 9.20. The zero-order chi connectivity index (χ0) is 13.8. The molecule has 4 nitrogen and oxygen atoms in total. The Kier molecular flexibility index (Phi) is 4.42. The lowest BCUT2D eigenvalue weighted by Gasteiger charge is -2.10. The van der Waals surface area contributed by atoms with Crippen LogP contribution in [0.25, 0.3) is 0 Å². The number of carbonyl (C=O) groups excluding carboxylic acids is 1. The van der Waals surface area contributed by atoms with Crippen molar-refractivity contribution in [2.75, 3.05) is 10.7 Å². The molecule has 2 aromatic rings. The van der Waals surface area contributed by atoms with E-state index >= 15 is 0 Å². The highest BCUT2D eigenvalue weighted by Gasteiger charge is 2.10. The lowest BCUT2D eigenvalue weighted by atomic mass is 10.1. The van der Waals surface area contributed by atoms with Crippen LogP contribution in [0.1, 0.15) is 10.4 Å². The van der Waals surface area contributed by atoms with Gasteiger partial charge in [0.2, 0.25) is 0 Å². The Morgan fingerprint density at radius 2 is 1.95 bits per heavy atom. The van der Waals surface area contributed by atoms with Crippen molar-refractivity contribution in [3.63, 3.8) is 0 Å². The van der Waals surface area contributed by atoms with Crippen molar-refractivity contribution in [3.05, 3.63) is 57.5 Å². The highest BCUT2D eigenvalue weighted by Crippen LogP contribution is 2.26. The second kappa shape index (κ2) is 6.06. The van der Waals surface area contributed by atoms with Crippen LogP contribution in [-0.2, 0) is 0 Å². The predicted octanol–water partition coefficient (Wildman–Crippen LogP) is 3.64. The smallest absolute Gasteiger partial charge is 0.257 e. The van der Waals surface area contributed by atoms with E-state index in [2.05, 4.69) is 26.7 Å². The van der Waals surface area contributed by atoms with Gasteiger partial charge < -0.3 is 10.7 Å². The summed E-state index contributed by atoms with van der Waals surface area (Å²) in [5.41, 5.74) is 4.17. The van der Waals surface area contributed by atoms with Gasteiger partial charge in [0.25, 0.3) is 5.91 Å². The Hall–Kier alpha value is -1.56. The minimum absolute atomic E-state index is 0.247. The quantitative estimate of drug-likeness (QED) is 0.590. The van der Waals surface area contributed by atoms with Gasteiger partial charge in [-0.1, -0.05) is 23.7 Å². The molecular weight excluding hydrogens is 330 g/mol. The van der Waals surface area contributed by atoms with Gasteiger partial charge in [0.05, 0.1) is 16.3 Å². The highest BCUT2D eigenvalue weighted by atomic mass is 79.9. The number of hydrazine groups is 1. The molecule has 0 fully saturated rings. The van der Waals surface area contributed by atoms with Crippen molar-refractivity contribution in [1.82, 2.24) is 0 Å². The van der Waals surface area contributed by atoms with Crippen LogP contribution < -0.4 is 16.6 Å². The first-order valence-electron chi connectivity index (χ1n) is 5.44. The van der Waals surface area contributed by atoms with Crippen molar-refractivity contribution in [1.29, 1.82) is 0 Å². The van der Waals surface area contributed by atoms with Crippen LogP contribution in [0.4, 0.5) is 11.4 Å². The fourth-order valence-electron chi connectivity index (χ4n) is 1.58. The SMILES string of the molecule is NNc1ccccc1C(=O)Nc1ccc(Cl)c(Br)c1. The maximum absolute atomic E-state index is 12.1. The molecule has 0 radical (unpaired) electrons. The molecule has 6 heteroatoms. The van der Waals surface area contributed by atoms with Crippen molar-refractivity contribution >= 4 is 44.8 Å². The molecule has 0 aliphatic carbocycles. The Balaban J connectivity index is 2.23. The van der Waals surface area contributed by atoms with Crippen molar-refractivity contribution in [3.8, 4) is 0 Å². The molecule has 98 valence electrons. The normalized spacial score (nSPS) is 10.1. The van der Waals surface area contributed by atoms with E-state index in [1.165, 1.54) is 0 Å². The van der Waals surface area contributed by atoms with Gasteiger partial charge in [0.1, 0.15) is 0 Å². The third kappa shape index (κ3) is 3.26. The summed E-state index contributed by atoms with van der Waals surface area (Å²) in [7, 11) is 0. The van der Waals surface area contributed by atoms with E-state index in [9.17, 15) is 4.79 Å². The Labute approximate surface area is 124 Å². The number of carbonyl (C=O) groups is 1. The number of para-hydroxylation sites is 1. The average Bonchev–Trinajstić information content (AvgIpc) is 2.43. The first kappa shape index (κ1) is 13.9. The topological polar surface area (TPSA) is 67.1 Å². The molecule has 4 N–H and O–H groups in total. The Bertz CT molecular complexity index is 619. The van der Waals surface area contributed by atoms with E-state index in [-0.39, 0.29) is 5.91 Å². The Morgan fingerprint density at radius 3 is 2.63 bits per heavy atom. The van der Waals surface area contributed by atoms with Crippen molar-refractivity contribution < 1.29 is 4.79 Å². The van der Waals surface area contributed by atoms with Gasteiger partial charge in [-0.3, -0.25) is 10.6 Å². The van der Waals surface area contributed by atoms with E-state index < -0.39 is 0 Å². The van der Waals surface area contributed by atoms with Crippen LogP contribution in [-0.4, -0.2) is 5.91 Å². The fraction of sp³-hybridized carbons (Fsp3) is 0. The molecule has 2 aromatic carbocycles. The van der Waals surface area contributed by atoms with Crippen LogP contribution in [0.15, 0.2) is 46.9 Å². The van der Waals surface area contributed by atoms with Gasteiger partial charge in [-0.25, -0.2) is 0 Å². The third-order valence-corrected chi connectivity index (χ3v) is 3.72. The van der Waals surface area contributed by atoms with E-state index in [1.807, 2.05) is 0 Å². The summed E-state index contributed by atoms with van der Waals surface area (Å²) in [5, 5.41) is 3.36. The highest BCUT2D eigenvalue weighted by molar-refractivity contribution is 9.10. The number of nitrogen functional groups attached to an aromatic ring is 1. The van der Waals surface area contributed by atoms with Crippen LogP contribution in [0.2, 0.25) is 5.02 Å². The molecule has 0 aliphatic heterocycles. The summed E-state index contributed by atoms with van der Waals surface area (Å²) in [4.78, 5) is 12.1. The summed E-state index contributed by atoms with van der Waals surface area (Å²) in [6.07, 6.45) is 0. The number of nitrogens with one attached hydrogen (secondary N) is 2. The molecule has 0 spiro atoms. The van der Waals surface area contributed by atoms with Gasteiger partial charge in [-0.15, -0.1) is 0 Å². The van der Waals surface area contributed by atoms with E-state index in [0.717, 1.165) is 4.47 Å². The maximum atomic E-state index is 12.1. The molecule has 0 heterocycles. The second-order valence-electron chi connectivity index (χ2n) is 3.77. The number of halogens is 2. The van der Waals surface area contributed by atoms with Gasteiger partial charge in [-0.05, 0) is 46.3 Å².